The molecular formula is C14H15N5O3. The molecular weight excluding hydrogens is 286 g/mol. The van der Waals surface area contributed by atoms with E-state index in [9.17, 15) is 9.59 Å². The van der Waals surface area contributed by atoms with Crippen molar-refractivity contribution in [3.8, 4) is 11.4 Å². The van der Waals surface area contributed by atoms with Gasteiger partial charge in [-0.2, -0.15) is 0 Å². The normalized spacial score (nSPS) is 11.9. The minimum atomic E-state index is -0.921. The number of carboxylic acids is 1. The lowest BCUT2D eigenvalue weighted by atomic mass is 9.99. The van der Waals surface area contributed by atoms with Crippen molar-refractivity contribution in [3.63, 3.8) is 0 Å². The molecule has 0 aliphatic carbocycles. The Balaban J connectivity index is 2.00. The van der Waals surface area contributed by atoms with Gasteiger partial charge in [0.2, 0.25) is 5.82 Å². The van der Waals surface area contributed by atoms with Crippen molar-refractivity contribution in [2.24, 2.45) is 5.73 Å². The highest BCUT2D eigenvalue weighted by atomic mass is 16.4. The van der Waals surface area contributed by atoms with Gasteiger partial charge in [-0.05, 0) is 12.0 Å². The first-order valence-corrected chi connectivity index (χ1v) is 6.68. The average molecular weight is 301 g/mol. The average Bonchev–Trinajstić information content (AvgIpc) is 2.54. The van der Waals surface area contributed by atoms with Gasteiger partial charge in [0.05, 0.1) is 6.04 Å². The Hall–Kier alpha value is -2.74. The second-order valence-corrected chi connectivity index (χ2v) is 4.68. The van der Waals surface area contributed by atoms with Crippen molar-refractivity contribution >= 4 is 11.8 Å². The topological polar surface area (TPSA) is 132 Å². The summed E-state index contributed by atoms with van der Waals surface area (Å²) in [5.74, 6) is -0.723. The van der Waals surface area contributed by atoms with E-state index in [4.69, 9.17) is 10.8 Å². The van der Waals surface area contributed by atoms with E-state index >= 15 is 0 Å². The number of aliphatic carboxylic acids is 1. The van der Waals surface area contributed by atoms with Gasteiger partial charge in [0, 0.05) is 18.4 Å². The molecule has 0 radical (unpaired) electrons. The van der Waals surface area contributed by atoms with Crippen molar-refractivity contribution < 1.29 is 14.7 Å². The van der Waals surface area contributed by atoms with Gasteiger partial charge < -0.3 is 10.8 Å². The fraction of sp³-hybridized carbons (Fsp3) is 0.286. The van der Waals surface area contributed by atoms with Crippen LogP contribution in [-0.2, 0) is 9.59 Å². The summed E-state index contributed by atoms with van der Waals surface area (Å²) in [7, 11) is 0. The maximum absolute atomic E-state index is 11.9. The van der Waals surface area contributed by atoms with Gasteiger partial charge in [0.25, 0.3) is 0 Å². The molecule has 0 spiro atoms. The molecule has 1 aromatic carbocycles. The molecule has 0 saturated carbocycles. The van der Waals surface area contributed by atoms with Crippen molar-refractivity contribution in [1.29, 1.82) is 0 Å². The van der Waals surface area contributed by atoms with E-state index in [1.54, 1.807) is 24.3 Å². The molecule has 2 aromatic rings. The first-order valence-electron chi connectivity index (χ1n) is 6.68. The van der Waals surface area contributed by atoms with Crippen LogP contribution in [0.4, 0.5) is 0 Å². The summed E-state index contributed by atoms with van der Waals surface area (Å²) < 4.78 is 0. The third-order valence-electron chi connectivity index (χ3n) is 3.10. The summed E-state index contributed by atoms with van der Waals surface area (Å²) in [6, 6.07) is 6.13. The lowest BCUT2D eigenvalue weighted by Gasteiger charge is -2.11. The summed E-state index contributed by atoms with van der Waals surface area (Å²) in [5.41, 5.74) is 7.26. The number of aromatic nitrogens is 4. The van der Waals surface area contributed by atoms with Crippen LogP contribution in [0.5, 0.6) is 0 Å². The van der Waals surface area contributed by atoms with Crippen LogP contribution in [0.2, 0.25) is 0 Å². The Bertz CT molecular complexity index is 645. The second kappa shape index (κ2) is 7.32. The fourth-order valence-corrected chi connectivity index (χ4v) is 1.91. The molecule has 22 heavy (non-hydrogen) atoms. The largest absolute Gasteiger partial charge is 0.481 e. The quantitative estimate of drug-likeness (QED) is 0.765. The summed E-state index contributed by atoms with van der Waals surface area (Å²) in [6.07, 6.45) is 1.63. The highest BCUT2D eigenvalue weighted by Crippen LogP contribution is 2.19. The van der Waals surface area contributed by atoms with Crippen molar-refractivity contribution in [2.45, 2.75) is 25.3 Å². The molecule has 114 valence electrons. The van der Waals surface area contributed by atoms with Gasteiger partial charge >= 0.3 is 5.97 Å². The van der Waals surface area contributed by atoms with Gasteiger partial charge in [-0.1, -0.05) is 24.3 Å². The maximum Gasteiger partial charge on any atom is 0.303 e. The highest BCUT2D eigenvalue weighted by Gasteiger charge is 2.16. The lowest BCUT2D eigenvalue weighted by Crippen LogP contribution is -2.21. The van der Waals surface area contributed by atoms with Gasteiger partial charge in [-0.25, -0.2) is 0 Å². The molecule has 0 saturated heterocycles. The van der Waals surface area contributed by atoms with Crippen LogP contribution in [0.1, 0.15) is 30.9 Å². The highest BCUT2D eigenvalue weighted by molar-refractivity contribution is 5.85. The number of hydrogen-bond donors (Lipinski definition) is 2. The number of ketones is 1. The van der Waals surface area contributed by atoms with E-state index in [2.05, 4.69) is 20.4 Å². The lowest BCUT2D eigenvalue weighted by molar-refractivity contribution is -0.137. The molecule has 1 atom stereocenters. The third-order valence-corrected chi connectivity index (χ3v) is 3.10. The minimum Gasteiger partial charge on any atom is -0.481 e. The molecule has 0 fully saturated rings. The Morgan fingerprint density at radius 2 is 1.73 bits per heavy atom. The molecule has 1 heterocycles. The zero-order chi connectivity index (χ0) is 15.9. The van der Waals surface area contributed by atoms with Crippen LogP contribution in [0, 0.1) is 0 Å². The van der Waals surface area contributed by atoms with Gasteiger partial charge in [0.15, 0.2) is 12.1 Å². The molecule has 1 aromatic heterocycles. The summed E-state index contributed by atoms with van der Waals surface area (Å²) in [4.78, 5) is 22.3. The number of carboxylic acid groups (broad SMARTS) is 1. The summed E-state index contributed by atoms with van der Waals surface area (Å²) >= 11 is 0. The smallest absolute Gasteiger partial charge is 0.303 e. The number of Topliss-reactive ketones (excluding diaryl/α,β-unsaturated/α-hetero) is 1. The number of nitrogens with two attached hydrogens (primary N) is 1. The third kappa shape index (κ3) is 4.13. The zero-order valence-electron chi connectivity index (χ0n) is 11.7. The van der Waals surface area contributed by atoms with E-state index in [1.807, 2.05) is 0 Å². The number of carbonyl (C=O) groups is 2. The fourth-order valence-electron chi connectivity index (χ4n) is 1.91. The molecule has 0 bridgehead atoms. The van der Waals surface area contributed by atoms with E-state index in [-0.39, 0.29) is 25.0 Å². The Labute approximate surface area is 126 Å². The number of nitrogens with zero attached hydrogens (tertiary/aromatic N) is 4. The maximum atomic E-state index is 11.9. The standard InChI is InChI=1S/C14H15N5O3/c15-13(11(20)2-1-3-12(21)22)9-4-6-10(7-5-9)14-18-16-8-17-19-14/h4-8,13H,1-3,15H2,(H,21,22). The van der Waals surface area contributed by atoms with Crippen LogP contribution in [0.25, 0.3) is 11.4 Å². The van der Waals surface area contributed by atoms with E-state index in [0.717, 1.165) is 5.56 Å². The van der Waals surface area contributed by atoms with Gasteiger partial charge in [0.1, 0.15) is 0 Å². The van der Waals surface area contributed by atoms with E-state index < -0.39 is 12.0 Å². The zero-order valence-corrected chi connectivity index (χ0v) is 11.7. The number of carbonyl (C=O) groups excluding carboxylic acids is 1. The van der Waals surface area contributed by atoms with Gasteiger partial charge in [-0.15, -0.1) is 20.4 Å². The first-order chi connectivity index (χ1) is 10.6. The van der Waals surface area contributed by atoms with Crippen LogP contribution in [0.3, 0.4) is 0 Å². The number of rotatable bonds is 7. The van der Waals surface area contributed by atoms with Crippen molar-refractivity contribution in [2.75, 3.05) is 0 Å². The molecule has 0 aliphatic heterocycles. The van der Waals surface area contributed by atoms with E-state index in [1.165, 1.54) is 6.33 Å². The van der Waals surface area contributed by atoms with Crippen LogP contribution in [-0.4, -0.2) is 37.3 Å². The molecule has 2 rings (SSSR count). The second-order valence-electron chi connectivity index (χ2n) is 4.68. The molecule has 0 aliphatic rings. The van der Waals surface area contributed by atoms with Crippen LogP contribution >= 0.6 is 0 Å². The SMILES string of the molecule is NC(C(=O)CCCC(=O)O)c1ccc(-c2nncnn2)cc1. The first kappa shape index (κ1) is 15.6. The Morgan fingerprint density at radius 3 is 2.32 bits per heavy atom. The summed E-state index contributed by atoms with van der Waals surface area (Å²) in [5, 5.41) is 23.5. The van der Waals surface area contributed by atoms with E-state index in [0.29, 0.717) is 11.4 Å². The molecule has 0 amide bonds. The van der Waals surface area contributed by atoms with Crippen LogP contribution in [0.15, 0.2) is 30.6 Å². The predicted molar refractivity (Wildman–Crippen MR) is 76.5 cm³/mol. The molecule has 1 unspecified atom stereocenters. The molecule has 8 nitrogen and oxygen atoms in total. The number of hydrogen-bond acceptors (Lipinski definition) is 7. The Kier molecular flexibility index (Phi) is 5.21. The Morgan fingerprint density at radius 1 is 1.09 bits per heavy atom. The predicted octanol–water partition coefficient (Wildman–Crippen LogP) is 0.757. The number of benzene rings is 1. The summed E-state index contributed by atoms with van der Waals surface area (Å²) in [6.45, 7) is 0. The van der Waals surface area contributed by atoms with Crippen molar-refractivity contribution in [1.82, 2.24) is 20.4 Å². The van der Waals surface area contributed by atoms with Crippen LogP contribution < -0.4 is 5.73 Å². The molecule has 3 N–H and O–H groups in total. The molecule has 8 heteroatoms. The minimum absolute atomic E-state index is 0.0389. The van der Waals surface area contributed by atoms with Crippen molar-refractivity contribution in [3.05, 3.63) is 36.2 Å². The monoisotopic (exact) mass is 301 g/mol. The van der Waals surface area contributed by atoms with Gasteiger partial charge in [-0.3, -0.25) is 9.59 Å².